The Kier molecular flexibility index (Phi) is 5.17. The van der Waals surface area contributed by atoms with Crippen molar-refractivity contribution in [3.05, 3.63) is 100 Å². The maximum absolute atomic E-state index is 13.0. The molecule has 0 bridgehead atoms. The fraction of sp³-hybridized carbons (Fsp3) is 0.185. The first kappa shape index (κ1) is 20.1. The minimum absolute atomic E-state index is 0.0218. The highest BCUT2D eigenvalue weighted by atomic mass is 32.1. The summed E-state index contributed by atoms with van der Waals surface area (Å²) in [7, 11) is 0. The summed E-state index contributed by atoms with van der Waals surface area (Å²) in [4.78, 5) is 22.8. The number of fused-ring (bicyclic) bond motifs is 3. The van der Waals surface area contributed by atoms with Gasteiger partial charge in [-0.25, -0.2) is 4.98 Å². The first-order valence-corrected chi connectivity index (χ1v) is 12.1. The van der Waals surface area contributed by atoms with Gasteiger partial charge in [-0.15, -0.1) is 0 Å². The topological polar surface area (TPSA) is 41.4 Å². The van der Waals surface area contributed by atoms with Crippen molar-refractivity contribution in [2.45, 2.75) is 6.54 Å². The monoisotopic (exact) mass is 452 g/mol. The van der Waals surface area contributed by atoms with Crippen molar-refractivity contribution in [3.8, 4) is 5.69 Å². The fourth-order valence-corrected chi connectivity index (χ4v) is 5.58. The normalized spacial score (nSPS) is 14.8. The van der Waals surface area contributed by atoms with Crippen LogP contribution in [0, 0.1) is 0 Å². The second kappa shape index (κ2) is 8.46. The third-order valence-corrected chi connectivity index (χ3v) is 7.31. The summed E-state index contributed by atoms with van der Waals surface area (Å²) in [5.41, 5.74) is 3.80. The first-order chi connectivity index (χ1) is 16.3. The smallest absolute Gasteiger partial charge is 0.260 e. The van der Waals surface area contributed by atoms with Gasteiger partial charge in [0.1, 0.15) is 11.3 Å². The highest BCUT2D eigenvalue weighted by Crippen LogP contribution is 2.29. The molecule has 0 amide bonds. The minimum Gasteiger partial charge on any atom is -0.369 e. The minimum atomic E-state index is 0.0218. The van der Waals surface area contributed by atoms with Crippen molar-refractivity contribution in [1.29, 1.82) is 0 Å². The summed E-state index contributed by atoms with van der Waals surface area (Å²) in [6, 6.07) is 29.0. The molecule has 164 valence electrons. The van der Waals surface area contributed by atoms with E-state index >= 15 is 0 Å². The average molecular weight is 453 g/mol. The molecule has 0 N–H and O–H groups in total. The number of nitrogens with zero attached hydrogens (tertiary/aromatic N) is 4. The molecule has 0 saturated carbocycles. The van der Waals surface area contributed by atoms with Crippen LogP contribution in [0.2, 0.25) is 0 Å². The Morgan fingerprint density at radius 1 is 0.758 bits per heavy atom. The maximum Gasteiger partial charge on any atom is 0.260 e. The van der Waals surface area contributed by atoms with Gasteiger partial charge in [-0.2, -0.15) is 0 Å². The van der Waals surface area contributed by atoms with Crippen LogP contribution < -0.4 is 9.64 Å². The van der Waals surface area contributed by atoms with Crippen molar-refractivity contribution >= 4 is 38.1 Å². The lowest BCUT2D eigenvalue weighted by Crippen LogP contribution is -2.46. The summed E-state index contributed by atoms with van der Waals surface area (Å²) in [6.45, 7) is 4.59. The molecule has 5 nitrogen and oxygen atoms in total. The summed E-state index contributed by atoms with van der Waals surface area (Å²) < 4.78 is 3.21. The first-order valence-electron chi connectivity index (χ1n) is 11.3. The van der Waals surface area contributed by atoms with Crippen LogP contribution in [0.3, 0.4) is 0 Å². The van der Waals surface area contributed by atoms with E-state index in [4.69, 9.17) is 4.98 Å². The van der Waals surface area contributed by atoms with Gasteiger partial charge in [0.2, 0.25) is 0 Å². The van der Waals surface area contributed by atoms with E-state index in [-0.39, 0.29) is 4.74 Å². The van der Waals surface area contributed by atoms with Crippen molar-refractivity contribution in [1.82, 2.24) is 14.5 Å². The highest BCUT2D eigenvalue weighted by Gasteiger charge is 2.22. The fourth-order valence-electron chi connectivity index (χ4n) is 4.72. The molecule has 1 aliphatic rings. The van der Waals surface area contributed by atoms with Crippen LogP contribution >= 0.6 is 11.3 Å². The Morgan fingerprint density at radius 3 is 2.12 bits per heavy atom. The number of rotatable bonds is 4. The van der Waals surface area contributed by atoms with Crippen LogP contribution in [0.1, 0.15) is 5.82 Å². The van der Waals surface area contributed by atoms with Gasteiger partial charge in [-0.05, 0) is 30.3 Å². The Labute approximate surface area is 196 Å². The molecule has 0 atom stereocenters. The molecule has 3 heterocycles. The molecule has 33 heavy (non-hydrogen) atoms. The Balaban J connectivity index is 1.40. The number of anilines is 1. The largest absolute Gasteiger partial charge is 0.369 e. The van der Waals surface area contributed by atoms with Crippen LogP contribution in [-0.2, 0) is 6.54 Å². The van der Waals surface area contributed by atoms with Gasteiger partial charge in [-0.3, -0.25) is 14.3 Å². The molecule has 6 heteroatoms. The Bertz CT molecular complexity index is 1470. The van der Waals surface area contributed by atoms with Crippen molar-refractivity contribution < 1.29 is 0 Å². The number of imidazole rings is 1. The summed E-state index contributed by atoms with van der Waals surface area (Å²) in [5, 5.41) is 1.08. The third kappa shape index (κ3) is 3.71. The van der Waals surface area contributed by atoms with E-state index in [0.29, 0.717) is 12.1 Å². The lowest BCUT2D eigenvalue weighted by atomic mass is 10.2. The quantitative estimate of drug-likeness (QED) is 0.388. The Hall–Kier alpha value is -3.48. The number of hydrogen-bond acceptors (Lipinski definition) is 5. The van der Waals surface area contributed by atoms with E-state index in [1.54, 1.807) is 0 Å². The van der Waals surface area contributed by atoms with Crippen LogP contribution in [0.5, 0.6) is 0 Å². The van der Waals surface area contributed by atoms with Crippen molar-refractivity contribution in [2.24, 2.45) is 0 Å². The van der Waals surface area contributed by atoms with Crippen LogP contribution in [0.25, 0.3) is 26.8 Å². The predicted octanol–water partition coefficient (Wildman–Crippen LogP) is 4.92. The predicted molar refractivity (Wildman–Crippen MR) is 137 cm³/mol. The van der Waals surface area contributed by atoms with E-state index < -0.39 is 0 Å². The second-order valence-electron chi connectivity index (χ2n) is 8.38. The highest BCUT2D eigenvalue weighted by molar-refractivity contribution is 7.16. The number of para-hydroxylation sites is 2. The van der Waals surface area contributed by atoms with Gasteiger partial charge in [-0.1, -0.05) is 65.9 Å². The third-order valence-electron chi connectivity index (χ3n) is 6.36. The lowest BCUT2D eigenvalue weighted by Gasteiger charge is -2.36. The second-order valence-corrected chi connectivity index (χ2v) is 9.40. The molecule has 0 radical (unpaired) electrons. The Morgan fingerprint density at radius 2 is 1.39 bits per heavy atom. The lowest BCUT2D eigenvalue weighted by molar-refractivity contribution is 0.243. The zero-order valence-corrected chi connectivity index (χ0v) is 19.0. The van der Waals surface area contributed by atoms with Crippen LogP contribution in [0.15, 0.2) is 89.7 Å². The van der Waals surface area contributed by atoms with Gasteiger partial charge < -0.3 is 4.90 Å². The number of benzene rings is 3. The molecule has 0 spiro atoms. The molecule has 1 fully saturated rings. The van der Waals surface area contributed by atoms with E-state index in [1.807, 2.05) is 36.4 Å². The summed E-state index contributed by atoms with van der Waals surface area (Å²) >= 11 is 1.28. The van der Waals surface area contributed by atoms with E-state index in [2.05, 4.69) is 62.9 Å². The molecule has 3 aromatic carbocycles. The zero-order chi connectivity index (χ0) is 22.2. The average Bonchev–Trinajstić information content (AvgIpc) is 3.25. The van der Waals surface area contributed by atoms with Gasteiger partial charge in [0, 0.05) is 47.6 Å². The number of hydrogen-bond donors (Lipinski definition) is 0. The van der Waals surface area contributed by atoms with Crippen LogP contribution in [-0.4, -0.2) is 40.6 Å². The molecular weight excluding hydrogens is 428 g/mol. The van der Waals surface area contributed by atoms with Crippen molar-refractivity contribution in [2.75, 3.05) is 31.1 Å². The number of aromatic nitrogens is 2. The molecule has 0 unspecified atom stereocenters. The van der Waals surface area contributed by atoms with E-state index in [9.17, 15) is 4.79 Å². The molecule has 0 aliphatic carbocycles. The van der Waals surface area contributed by atoms with Gasteiger partial charge in [0.25, 0.3) is 4.74 Å². The van der Waals surface area contributed by atoms with E-state index in [0.717, 1.165) is 53.3 Å². The maximum atomic E-state index is 13.0. The van der Waals surface area contributed by atoms with Gasteiger partial charge >= 0.3 is 0 Å². The molecule has 2 aromatic heterocycles. The molecular formula is C27H24N4OS. The standard InChI is InChI=1S/C27H24N4OS/c32-27-25-26(22-13-7-8-14-23(22)33-27)31(21-11-5-2-6-12-21)24(28-25)19-29-15-17-30(18-16-29)20-9-3-1-4-10-20/h1-14H,15-19H2. The zero-order valence-electron chi connectivity index (χ0n) is 18.2. The molecule has 6 rings (SSSR count). The molecule has 5 aromatic rings. The van der Waals surface area contributed by atoms with Gasteiger partial charge in [0.15, 0.2) is 0 Å². The van der Waals surface area contributed by atoms with Gasteiger partial charge in [0.05, 0.1) is 12.1 Å². The van der Waals surface area contributed by atoms with Crippen LogP contribution in [0.4, 0.5) is 5.69 Å². The molecule has 1 aliphatic heterocycles. The van der Waals surface area contributed by atoms with E-state index in [1.165, 1.54) is 17.0 Å². The van der Waals surface area contributed by atoms with Crippen molar-refractivity contribution in [3.63, 3.8) is 0 Å². The summed E-state index contributed by atoms with van der Waals surface area (Å²) in [6.07, 6.45) is 0. The molecule has 1 saturated heterocycles. The summed E-state index contributed by atoms with van der Waals surface area (Å²) in [5.74, 6) is 0.921. The number of piperazine rings is 1. The SMILES string of the molecule is O=c1sc2ccccc2c2c1nc(CN1CCN(c3ccccc3)CC1)n2-c1ccccc1.